The number of piperidine rings is 1. The minimum atomic E-state index is 0.121. The molecule has 1 amide bonds. The van der Waals surface area contributed by atoms with E-state index in [0.717, 1.165) is 48.6 Å². The molecule has 1 aromatic heterocycles. The highest BCUT2D eigenvalue weighted by molar-refractivity contribution is 5.76. The number of hydrogen-bond acceptors (Lipinski definition) is 5. The van der Waals surface area contributed by atoms with Gasteiger partial charge in [-0.2, -0.15) is 0 Å². The van der Waals surface area contributed by atoms with Crippen molar-refractivity contribution in [3.63, 3.8) is 0 Å². The lowest BCUT2D eigenvalue weighted by Crippen LogP contribution is -2.40. The Morgan fingerprint density at radius 1 is 1.12 bits per heavy atom. The van der Waals surface area contributed by atoms with Crippen molar-refractivity contribution in [3.05, 3.63) is 83.7 Å². The lowest BCUT2D eigenvalue weighted by molar-refractivity contribution is -0.122. The molecule has 2 heterocycles. The Kier molecular flexibility index (Phi) is 7.56. The van der Waals surface area contributed by atoms with E-state index >= 15 is 0 Å². The highest BCUT2D eigenvalue weighted by atomic mass is 16.5. The van der Waals surface area contributed by atoms with Gasteiger partial charge in [-0.25, -0.2) is 0 Å². The topological polar surface area (TPSA) is 70.4 Å². The summed E-state index contributed by atoms with van der Waals surface area (Å²) < 4.78 is 5.61. The van der Waals surface area contributed by atoms with Gasteiger partial charge in [-0.05, 0) is 55.5 Å². The maximum absolute atomic E-state index is 12.6. The van der Waals surface area contributed by atoms with E-state index < -0.39 is 0 Å². The van der Waals surface area contributed by atoms with Crippen LogP contribution in [-0.2, 0) is 24.3 Å². The highest BCUT2D eigenvalue weighted by Gasteiger charge is 2.28. The molecular weight excluding hydrogens is 400 g/mol. The second kappa shape index (κ2) is 11.0. The van der Waals surface area contributed by atoms with Crippen LogP contribution in [0.25, 0.3) is 0 Å². The molecule has 6 heteroatoms. The summed E-state index contributed by atoms with van der Waals surface area (Å²) in [6.45, 7) is 3.12. The van der Waals surface area contributed by atoms with E-state index in [1.807, 2.05) is 55.6 Å². The number of amides is 1. The van der Waals surface area contributed by atoms with Crippen molar-refractivity contribution in [2.24, 2.45) is 11.8 Å². The van der Waals surface area contributed by atoms with Gasteiger partial charge in [0.25, 0.3) is 0 Å². The first kappa shape index (κ1) is 22.1. The summed E-state index contributed by atoms with van der Waals surface area (Å²) in [7, 11) is 2.05. The zero-order chi connectivity index (χ0) is 22.2. The van der Waals surface area contributed by atoms with Crippen LogP contribution in [0.2, 0.25) is 0 Å². The summed E-state index contributed by atoms with van der Waals surface area (Å²) in [5.74, 6) is 1.69. The molecule has 6 nitrogen and oxygen atoms in total. The predicted molar refractivity (Wildman–Crippen MR) is 126 cm³/mol. The molecular formula is C26H32N4O2. The molecule has 1 saturated heterocycles. The second-order valence-electron chi connectivity index (χ2n) is 8.66. The normalized spacial score (nSPS) is 18.3. The first-order valence-electron chi connectivity index (χ1n) is 11.4. The van der Waals surface area contributed by atoms with E-state index in [2.05, 4.69) is 38.9 Å². The monoisotopic (exact) mass is 432 g/mol. The summed E-state index contributed by atoms with van der Waals surface area (Å²) in [5, 5.41) is 10.9. The van der Waals surface area contributed by atoms with Crippen molar-refractivity contribution in [1.29, 1.82) is 0 Å². The van der Waals surface area contributed by atoms with Crippen LogP contribution >= 0.6 is 0 Å². The Morgan fingerprint density at radius 2 is 1.88 bits per heavy atom. The minimum Gasteiger partial charge on any atom is -0.367 e. The largest absolute Gasteiger partial charge is 0.367 e. The van der Waals surface area contributed by atoms with Crippen molar-refractivity contribution in [2.45, 2.75) is 32.4 Å². The fourth-order valence-corrected chi connectivity index (χ4v) is 4.39. The number of benzene rings is 2. The zero-order valence-corrected chi connectivity index (χ0v) is 18.7. The number of nitrogens with zero attached hydrogens (tertiary/aromatic N) is 2. The van der Waals surface area contributed by atoms with E-state index in [1.165, 1.54) is 0 Å². The number of anilines is 1. The third kappa shape index (κ3) is 6.20. The smallest absolute Gasteiger partial charge is 0.220 e. The third-order valence-corrected chi connectivity index (χ3v) is 6.21. The van der Waals surface area contributed by atoms with Gasteiger partial charge >= 0.3 is 0 Å². The van der Waals surface area contributed by atoms with Gasteiger partial charge in [-0.15, -0.1) is 0 Å². The first-order valence-corrected chi connectivity index (χ1v) is 11.4. The van der Waals surface area contributed by atoms with E-state index in [1.54, 1.807) is 0 Å². The Bertz CT molecular complexity index is 974. The van der Waals surface area contributed by atoms with Crippen molar-refractivity contribution in [1.82, 2.24) is 15.8 Å². The SMILES string of the molecule is CN(Cc1cc(C[C@@H]2CNCC[C@H]2CC(=O)NCc2ccccc2)no1)c1ccccc1. The van der Waals surface area contributed by atoms with Gasteiger partial charge < -0.3 is 20.1 Å². The van der Waals surface area contributed by atoms with Crippen LogP contribution in [-0.4, -0.2) is 31.2 Å². The number of aromatic nitrogens is 1. The van der Waals surface area contributed by atoms with E-state index in [4.69, 9.17) is 4.52 Å². The molecule has 168 valence electrons. The van der Waals surface area contributed by atoms with Crippen LogP contribution in [0, 0.1) is 11.8 Å². The van der Waals surface area contributed by atoms with Gasteiger partial charge in [0.15, 0.2) is 5.76 Å². The van der Waals surface area contributed by atoms with E-state index in [-0.39, 0.29) is 5.91 Å². The van der Waals surface area contributed by atoms with Crippen LogP contribution in [0.3, 0.4) is 0 Å². The van der Waals surface area contributed by atoms with Crippen molar-refractivity contribution in [3.8, 4) is 0 Å². The molecule has 32 heavy (non-hydrogen) atoms. The van der Waals surface area contributed by atoms with Gasteiger partial charge in [0.1, 0.15) is 0 Å². The van der Waals surface area contributed by atoms with Crippen molar-refractivity contribution < 1.29 is 9.32 Å². The first-order chi connectivity index (χ1) is 15.7. The molecule has 1 fully saturated rings. The molecule has 0 bridgehead atoms. The molecule has 2 N–H and O–H groups in total. The molecule has 4 rings (SSSR count). The quantitative estimate of drug-likeness (QED) is 0.538. The Balaban J connectivity index is 1.30. The van der Waals surface area contributed by atoms with E-state index in [9.17, 15) is 4.79 Å². The second-order valence-corrected chi connectivity index (χ2v) is 8.66. The molecule has 2 aromatic carbocycles. The van der Waals surface area contributed by atoms with Crippen LogP contribution in [0.15, 0.2) is 71.3 Å². The summed E-state index contributed by atoms with van der Waals surface area (Å²) >= 11 is 0. The molecule has 0 aliphatic carbocycles. The van der Waals surface area contributed by atoms with Gasteiger partial charge in [0, 0.05) is 31.8 Å². The number of carbonyl (C=O) groups excluding carboxylic acids is 1. The Hall–Kier alpha value is -3.12. The molecule has 2 atom stereocenters. The molecule has 0 saturated carbocycles. The lowest BCUT2D eigenvalue weighted by Gasteiger charge is -2.31. The maximum atomic E-state index is 12.6. The molecule has 3 aromatic rings. The van der Waals surface area contributed by atoms with Gasteiger partial charge in [0.2, 0.25) is 5.91 Å². The fourth-order valence-electron chi connectivity index (χ4n) is 4.39. The standard InChI is InChI=1S/C26H32N4O2/c1-30(24-10-6-3-7-11-24)19-25-16-23(29-32-25)14-22-18-27-13-12-21(22)15-26(31)28-17-20-8-4-2-5-9-20/h2-11,16,21-22,27H,12-15,17-19H2,1H3,(H,28,31)/t21-,22+/m0/s1. The Labute approximate surface area is 190 Å². The average Bonchev–Trinajstić information content (AvgIpc) is 3.27. The van der Waals surface area contributed by atoms with Crippen molar-refractivity contribution in [2.75, 3.05) is 25.0 Å². The average molecular weight is 433 g/mol. The number of para-hydroxylation sites is 1. The van der Waals surface area contributed by atoms with Crippen LogP contribution in [0.4, 0.5) is 5.69 Å². The van der Waals surface area contributed by atoms with Gasteiger partial charge in [0.05, 0.1) is 12.2 Å². The zero-order valence-electron chi connectivity index (χ0n) is 18.7. The summed E-state index contributed by atoms with van der Waals surface area (Å²) in [6, 6.07) is 22.3. The maximum Gasteiger partial charge on any atom is 0.220 e. The highest BCUT2D eigenvalue weighted by Crippen LogP contribution is 2.26. The minimum absolute atomic E-state index is 0.121. The fraction of sp³-hybridized carbons (Fsp3) is 0.385. The van der Waals surface area contributed by atoms with Gasteiger partial charge in [-0.3, -0.25) is 4.79 Å². The van der Waals surface area contributed by atoms with Crippen molar-refractivity contribution >= 4 is 11.6 Å². The lowest BCUT2D eigenvalue weighted by atomic mass is 9.81. The number of hydrogen-bond donors (Lipinski definition) is 2. The number of nitrogens with one attached hydrogen (secondary N) is 2. The van der Waals surface area contributed by atoms with Crippen LogP contribution < -0.4 is 15.5 Å². The van der Waals surface area contributed by atoms with E-state index in [0.29, 0.717) is 31.3 Å². The molecule has 0 spiro atoms. The number of rotatable bonds is 9. The third-order valence-electron chi connectivity index (χ3n) is 6.21. The molecule has 1 aliphatic heterocycles. The summed E-state index contributed by atoms with van der Waals surface area (Å²) in [6.07, 6.45) is 2.38. The van der Waals surface area contributed by atoms with Gasteiger partial charge in [-0.1, -0.05) is 53.7 Å². The van der Waals surface area contributed by atoms with Crippen LogP contribution in [0.5, 0.6) is 0 Å². The molecule has 1 aliphatic rings. The Morgan fingerprint density at radius 3 is 2.66 bits per heavy atom. The van der Waals surface area contributed by atoms with Crippen LogP contribution in [0.1, 0.15) is 29.9 Å². The number of carbonyl (C=O) groups is 1. The summed E-state index contributed by atoms with van der Waals surface area (Å²) in [5.41, 5.74) is 3.23. The predicted octanol–water partition coefficient (Wildman–Crippen LogP) is 3.79. The molecule has 0 radical (unpaired) electrons. The molecule has 0 unspecified atom stereocenters. The summed E-state index contributed by atoms with van der Waals surface area (Å²) in [4.78, 5) is 14.7.